The van der Waals surface area contributed by atoms with E-state index in [0.717, 1.165) is 12.3 Å². The molecule has 0 saturated carbocycles. The van der Waals surface area contributed by atoms with Crippen LogP contribution in [-0.2, 0) is 0 Å². The lowest BCUT2D eigenvalue weighted by Gasteiger charge is -2.19. The summed E-state index contributed by atoms with van der Waals surface area (Å²) in [4.78, 5) is 0. The smallest absolute Gasteiger partial charge is 0.153 e. The van der Waals surface area contributed by atoms with Crippen LogP contribution in [0, 0.1) is 11.7 Å². The fourth-order valence-electron chi connectivity index (χ4n) is 2.13. The fraction of sp³-hybridized carbons (Fsp3) is 0.429. The van der Waals surface area contributed by atoms with Gasteiger partial charge in [-0.05, 0) is 30.7 Å². The van der Waals surface area contributed by atoms with Crippen molar-refractivity contribution in [1.82, 2.24) is 5.32 Å². The molecule has 1 atom stereocenters. The standard InChI is InChI=1S/C14H17ClFNO/c1-4-17-13(8(2)3)12-6-9-5-10(16)7-11(15)14(9)18-12/h5-8,13,17H,4H2,1-3H3. The maximum atomic E-state index is 13.3. The van der Waals surface area contributed by atoms with Gasteiger partial charge in [0.15, 0.2) is 5.58 Å². The minimum atomic E-state index is -0.343. The molecule has 1 N–H and O–H groups in total. The highest BCUT2D eigenvalue weighted by atomic mass is 35.5. The lowest BCUT2D eigenvalue weighted by molar-refractivity contribution is 0.357. The number of halogens is 2. The third kappa shape index (κ3) is 2.52. The highest BCUT2D eigenvalue weighted by Crippen LogP contribution is 2.32. The van der Waals surface area contributed by atoms with Crippen molar-refractivity contribution in [2.45, 2.75) is 26.8 Å². The molecule has 4 heteroatoms. The van der Waals surface area contributed by atoms with Crippen LogP contribution in [0.3, 0.4) is 0 Å². The van der Waals surface area contributed by atoms with Crippen molar-refractivity contribution >= 4 is 22.6 Å². The molecule has 0 amide bonds. The highest BCUT2D eigenvalue weighted by Gasteiger charge is 2.20. The molecule has 0 aliphatic heterocycles. The fourth-order valence-corrected chi connectivity index (χ4v) is 2.39. The Balaban J connectivity index is 2.48. The zero-order chi connectivity index (χ0) is 13.3. The molecule has 1 heterocycles. The molecule has 0 radical (unpaired) electrons. The summed E-state index contributed by atoms with van der Waals surface area (Å²) in [7, 11) is 0. The molecule has 0 spiro atoms. The zero-order valence-electron chi connectivity index (χ0n) is 10.8. The van der Waals surface area contributed by atoms with Gasteiger partial charge in [0.2, 0.25) is 0 Å². The van der Waals surface area contributed by atoms with Crippen LogP contribution in [0.25, 0.3) is 11.0 Å². The van der Waals surface area contributed by atoms with Gasteiger partial charge in [-0.15, -0.1) is 0 Å². The van der Waals surface area contributed by atoms with Gasteiger partial charge >= 0.3 is 0 Å². The molecular weight excluding hydrogens is 253 g/mol. The number of rotatable bonds is 4. The highest BCUT2D eigenvalue weighted by molar-refractivity contribution is 6.34. The van der Waals surface area contributed by atoms with Gasteiger partial charge in [-0.3, -0.25) is 0 Å². The first-order chi connectivity index (χ1) is 8.52. The molecule has 0 aliphatic carbocycles. The number of benzene rings is 1. The molecule has 0 aliphatic rings. The Labute approximate surface area is 111 Å². The van der Waals surface area contributed by atoms with Gasteiger partial charge in [-0.1, -0.05) is 32.4 Å². The second-order valence-electron chi connectivity index (χ2n) is 4.73. The van der Waals surface area contributed by atoms with Crippen molar-refractivity contribution in [3.8, 4) is 0 Å². The Kier molecular flexibility index (Phi) is 3.93. The topological polar surface area (TPSA) is 25.2 Å². The van der Waals surface area contributed by atoms with Gasteiger partial charge in [0.25, 0.3) is 0 Å². The molecule has 98 valence electrons. The van der Waals surface area contributed by atoms with Gasteiger partial charge in [-0.2, -0.15) is 0 Å². The number of hydrogen-bond donors (Lipinski definition) is 1. The summed E-state index contributed by atoms with van der Waals surface area (Å²) in [6, 6.07) is 4.69. The summed E-state index contributed by atoms with van der Waals surface area (Å²) < 4.78 is 19.0. The molecule has 0 fully saturated rings. The third-order valence-electron chi connectivity index (χ3n) is 2.95. The Morgan fingerprint density at radius 1 is 1.33 bits per heavy atom. The first kappa shape index (κ1) is 13.4. The number of fused-ring (bicyclic) bond motifs is 1. The first-order valence-electron chi connectivity index (χ1n) is 6.14. The van der Waals surface area contributed by atoms with Crippen LogP contribution in [0.15, 0.2) is 22.6 Å². The van der Waals surface area contributed by atoms with Crippen molar-refractivity contribution in [1.29, 1.82) is 0 Å². The van der Waals surface area contributed by atoms with Crippen LogP contribution in [0.2, 0.25) is 5.02 Å². The maximum absolute atomic E-state index is 13.3. The summed E-state index contributed by atoms with van der Waals surface area (Å²) in [5, 5.41) is 4.38. The molecule has 0 bridgehead atoms. The number of furan rings is 1. The second kappa shape index (κ2) is 5.29. The zero-order valence-corrected chi connectivity index (χ0v) is 11.5. The van der Waals surface area contributed by atoms with Crippen molar-refractivity contribution in [3.63, 3.8) is 0 Å². The maximum Gasteiger partial charge on any atom is 0.153 e. The molecule has 2 aromatic rings. The average molecular weight is 270 g/mol. The van der Waals surface area contributed by atoms with Gasteiger partial charge in [0.1, 0.15) is 11.6 Å². The van der Waals surface area contributed by atoms with Crippen LogP contribution < -0.4 is 5.32 Å². The normalized spacial score (nSPS) is 13.4. The lowest BCUT2D eigenvalue weighted by Crippen LogP contribution is -2.24. The van der Waals surface area contributed by atoms with Crippen LogP contribution >= 0.6 is 11.6 Å². The largest absolute Gasteiger partial charge is 0.458 e. The molecule has 1 aromatic carbocycles. The van der Waals surface area contributed by atoms with E-state index in [2.05, 4.69) is 19.2 Å². The van der Waals surface area contributed by atoms with Gasteiger partial charge in [0, 0.05) is 5.39 Å². The molecule has 1 unspecified atom stereocenters. The van der Waals surface area contributed by atoms with E-state index >= 15 is 0 Å². The predicted octanol–water partition coefficient (Wildman–Crippen LogP) is 4.53. The van der Waals surface area contributed by atoms with E-state index < -0.39 is 0 Å². The Bertz CT molecular complexity index is 550. The van der Waals surface area contributed by atoms with E-state index in [4.69, 9.17) is 16.0 Å². The molecule has 0 saturated heterocycles. The van der Waals surface area contributed by atoms with Gasteiger partial charge in [0.05, 0.1) is 11.1 Å². The van der Waals surface area contributed by atoms with E-state index in [9.17, 15) is 4.39 Å². The van der Waals surface area contributed by atoms with Crippen molar-refractivity contribution in [2.24, 2.45) is 5.92 Å². The predicted molar refractivity (Wildman–Crippen MR) is 72.4 cm³/mol. The molecule has 1 aromatic heterocycles. The number of hydrogen-bond acceptors (Lipinski definition) is 2. The summed E-state index contributed by atoms with van der Waals surface area (Å²) >= 11 is 5.98. The van der Waals surface area contributed by atoms with Crippen LogP contribution in [0.4, 0.5) is 4.39 Å². The van der Waals surface area contributed by atoms with Crippen LogP contribution in [-0.4, -0.2) is 6.54 Å². The van der Waals surface area contributed by atoms with Crippen molar-refractivity contribution in [2.75, 3.05) is 6.54 Å². The summed E-state index contributed by atoms with van der Waals surface area (Å²) in [6.45, 7) is 7.12. The third-order valence-corrected chi connectivity index (χ3v) is 3.23. The van der Waals surface area contributed by atoms with Gasteiger partial charge < -0.3 is 9.73 Å². The molecule has 18 heavy (non-hydrogen) atoms. The SMILES string of the molecule is CCNC(c1cc2cc(F)cc(Cl)c2o1)C(C)C. The van der Waals surface area contributed by atoms with E-state index in [1.165, 1.54) is 12.1 Å². The molecule has 2 nitrogen and oxygen atoms in total. The lowest BCUT2D eigenvalue weighted by atomic mass is 10.0. The Hall–Kier alpha value is -1.06. The van der Waals surface area contributed by atoms with Crippen LogP contribution in [0.5, 0.6) is 0 Å². The minimum absolute atomic E-state index is 0.113. The van der Waals surface area contributed by atoms with Gasteiger partial charge in [-0.25, -0.2) is 4.39 Å². The minimum Gasteiger partial charge on any atom is -0.458 e. The van der Waals surface area contributed by atoms with Crippen LogP contribution in [0.1, 0.15) is 32.6 Å². The Morgan fingerprint density at radius 3 is 2.67 bits per heavy atom. The quantitative estimate of drug-likeness (QED) is 0.882. The first-order valence-corrected chi connectivity index (χ1v) is 6.52. The van der Waals surface area contributed by atoms with Crippen molar-refractivity contribution in [3.05, 3.63) is 34.8 Å². The monoisotopic (exact) mass is 269 g/mol. The van der Waals surface area contributed by atoms with E-state index in [1.807, 2.05) is 13.0 Å². The molecular formula is C14H17ClFNO. The van der Waals surface area contributed by atoms with E-state index in [-0.39, 0.29) is 11.9 Å². The molecule has 2 rings (SSSR count). The average Bonchev–Trinajstić information content (AvgIpc) is 2.68. The van der Waals surface area contributed by atoms with E-state index in [1.54, 1.807) is 0 Å². The Morgan fingerprint density at radius 2 is 2.06 bits per heavy atom. The van der Waals surface area contributed by atoms with Crippen molar-refractivity contribution < 1.29 is 8.81 Å². The second-order valence-corrected chi connectivity index (χ2v) is 5.14. The number of nitrogens with one attached hydrogen (secondary N) is 1. The summed E-state index contributed by atoms with van der Waals surface area (Å²) in [5.41, 5.74) is 0.552. The summed E-state index contributed by atoms with van der Waals surface area (Å²) in [5.74, 6) is 0.841. The van der Waals surface area contributed by atoms with E-state index in [0.29, 0.717) is 21.9 Å². The summed E-state index contributed by atoms with van der Waals surface area (Å²) in [6.07, 6.45) is 0.